The molecule has 0 rings (SSSR count). The van der Waals surface area contributed by atoms with Crippen LogP contribution in [0, 0.1) is 0 Å². The van der Waals surface area contributed by atoms with Crippen molar-refractivity contribution in [1.29, 1.82) is 0 Å². The van der Waals surface area contributed by atoms with Gasteiger partial charge in [0, 0.05) is 12.8 Å². The lowest BCUT2D eigenvalue weighted by molar-refractivity contribution is -0.118. The highest BCUT2D eigenvalue weighted by Gasteiger charge is 1.95. The maximum absolute atomic E-state index is 10.5. The molecule has 0 aliphatic carbocycles. The molecule has 0 aromatic heterocycles. The average molecular weight is 170 g/mol. The van der Waals surface area contributed by atoms with Gasteiger partial charge in [0.1, 0.15) is 11.6 Å². The molecule has 0 heterocycles. The molecule has 0 N–H and O–H groups in total. The van der Waals surface area contributed by atoms with Crippen LogP contribution in [0.25, 0.3) is 0 Å². The Morgan fingerprint density at radius 2 is 1.08 bits per heavy atom. The van der Waals surface area contributed by atoms with Crippen LogP contribution in [0.1, 0.15) is 52.4 Å². The van der Waals surface area contributed by atoms with Gasteiger partial charge in [-0.1, -0.05) is 12.8 Å². The van der Waals surface area contributed by atoms with Gasteiger partial charge in [0.25, 0.3) is 0 Å². The van der Waals surface area contributed by atoms with Crippen molar-refractivity contribution >= 4 is 11.6 Å². The summed E-state index contributed by atoms with van der Waals surface area (Å²) in [5, 5.41) is 0. The van der Waals surface area contributed by atoms with Crippen LogP contribution in [0.3, 0.4) is 0 Å². The van der Waals surface area contributed by atoms with Crippen molar-refractivity contribution < 1.29 is 9.59 Å². The SMILES string of the molecule is CC(=O)CCCCCCC(C)=O. The van der Waals surface area contributed by atoms with E-state index >= 15 is 0 Å². The summed E-state index contributed by atoms with van der Waals surface area (Å²) < 4.78 is 0. The van der Waals surface area contributed by atoms with Crippen molar-refractivity contribution in [2.75, 3.05) is 0 Å². The van der Waals surface area contributed by atoms with Crippen LogP contribution in [0.15, 0.2) is 0 Å². The smallest absolute Gasteiger partial charge is 0.129 e. The Morgan fingerprint density at radius 3 is 1.33 bits per heavy atom. The molecule has 0 bridgehead atoms. The van der Waals surface area contributed by atoms with Crippen LogP contribution in [-0.2, 0) is 9.59 Å². The number of hydrogen-bond donors (Lipinski definition) is 0. The fourth-order valence-electron chi connectivity index (χ4n) is 1.10. The molecule has 0 aromatic carbocycles. The third-order valence-corrected chi connectivity index (χ3v) is 1.81. The highest BCUT2D eigenvalue weighted by molar-refractivity contribution is 5.75. The molecule has 0 aliphatic rings. The van der Waals surface area contributed by atoms with E-state index in [-0.39, 0.29) is 11.6 Å². The molecule has 0 aliphatic heterocycles. The van der Waals surface area contributed by atoms with Gasteiger partial charge in [0.15, 0.2) is 0 Å². The Hall–Kier alpha value is -0.660. The van der Waals surface area contributed by atoms with Gasteiger partial charge in [-0.25, -0.2) is 0 Å². The molecule has 0 aromatic rings. The first kappa shape index (κ1) is 11.3. The van der Waals surface area contributed by atoms with Crippen molar-refractivity contribution in [2.24, 2.45) is 0 Å². The lowest BCUT2D eigenvalue weighted by atomic mass is 10.1. The van der Waals surface area contributed by atoms with E-state index in [0.717, 1.165) is 25.7 Å². The molecular weight excluding hydrogens is 152 g/mol. The summed E-state index contributed by atoms with van der Waals surface area (Å²) in [6, 6.07) is 0. The van der Waals surface area contributed by atoms with Gasteiger partial charge in [-0.3, -0.25) is 0 Å². The maximum atomic E-state index is 10.5. The Labute approximate surface area is 74.3 Å². The molecular formula is C10H18O2. The van der Waals surface area contributed by atoms with E-state index in [9.17, 15) is 9.59 Å². The first-order chi connectivity index (χ1) is 5.63. The van der Waals surface area contributed by atoms with E-state index < -0.39 is 0 Å². The quantitative estimate of drug-likeness (QED) is 0.550. The van der Waals surface area contributed by atoms with Gasteiger partial charge in [0.05, 0.1) is 0 Å². The number of ketones is 2. The van der Waals surface area contributed by atoms with Crippen molar-refractivity contribution in [3.8, 4) is 0 Å². The molecule has 0 unspecified atom stereocenters. The Bertz CT molecular complexity index is 132. The largest absolute Gasteiger partial charge is 0.300 e. The molecule has 0 fully saturated rings. The lowest BCUT2D eigenvalue weighted by Gasteiger charge is -1.97. The van der Waals surface area contributed by atoms with E-state index in [2.05, 4.69) is 0 Å². The third-order valence-electron chi connectivity index (χ3n) is 1.81. The summed E-state index contributed by atoms with van der Waals surface area (Å²) >= 11 is 0. The third kappa shape index (κ3) is 9.34. The Kier molecular flexibility index (Phi) is 6.63. The number of Topliss-reactive ketones (excluding diaryl/α,β-unsaturated/α-hetero) is 2. The van der Waals surface area contributed by atoms with Crippen LogP contribution in [0.5, 0.6) is 0 Å². The molecule has 2 nitrogen and oxygen atoms in total. The Morgan fingerprint density at radius 1 is 0.750 bits per heavy atom. The molecule has 0 spiro atoms. The van der Waals surface area contributed by atoms with Gasteiger partial charge in [-0.2, -0.15) is 0 Å². The Balaban J connectivity index is 3.01. The van der Waals surface area contributed by atoms with Crippen molar-refractivity contribution in [3.05, 3.63) is 0 Å². The number of hydrogen-bond acceptors (Lipinski definition) is 2. The van der Waals surface area contributed by atoms with Gasteiger partial charge in [-0.15, -0.1) is 0 Å². The fraction of sp³-hybridized carbons (Fsp3) is 0.800. The predicted molar refractivity (Wildman–Crippen MR) is 49.1 cm³/mol. The van der Waals surface area contributed by atoms with Crippen LogP contribution in [0.2, 0.25) is 0 Å². The zero-order chi connectivity index (χ0) is 9.40. The maximum Gasteiger partial charge on any atom is 0.129 e. The highest BCUT2D eigenvalue weighted by Crippen LogP contribution is 2.05. The zero-order valence-corrected chi connectivity index (χ0v) is 8.06. The van der Waals surface area contributed by atoms with E-state index in [1.165, 1.54) is 0 Å². The molecule has 0 saturated heterocycles. The zero-order valence-electron chi connectivity index (χ0n) is 8.06. The minimum Gasteiger partial charge on any atom is -0.300 e. The molecule has 0 amide bonds. The molecule has 2 heteroatoms. The van der Waals surface area contributed by atoms with Crippen LogP contribution in [-0.4, -0.2) is 11.6 Å². The summed E-state index contributed by atoms with van der Waals surface area (Å²) in [6.45, 7) is 3.24. The van der Waals surface area contributed by atoms with E-state index in [0.29, 0.717) is 12.8 Å². The lowest BCUT2D eigenvalue weighted by Crippen LogP contribution is -1.91. The second-order valence-electron chi connectivity index (χ2n) is 3.32. The molecule has 12 heavy (non-hydrogen) atoms. The van der Waals surface area contributed by atoms with Crippen LogP contribution < -0.4 is 0 Å². The molecule has 0 radical (unpaired) electrons. The number of unbranched alkanes of at least 4 members (excludes halogenated alkanes) is 3. The highest BCUT2D eigenvalue weighted by atomic mass is 16.1. The first-order valence-corrected chi connectivity index (χ1v) is 4.62. The summed E-state index contributed by atoms with van der Waals surface area (Å²) in [4.78, 5) is 21.1. The normalized spacial score (nSPS) is 9.83. The average Bonchev–Trinajstić information content (AvgIpc) is 1.95. The van der Waals surface area contributed by atoms with E-state index in [1.54, 1.807) is 13.8 Å². The second-order valence-corrected chi connectivity index (χ2v) is 3.32. The van der Waals surface area contributed by atoms with Gasteiger partial charge in [-0.05, 0) is 26.7 Å². The van der Waals surface area contributed by atoms with Gasteiger partial charge in [0.2, 0.25) is 0 Å². The second kappa shape index (κ2) is 7.01. The van der Waals surface area contributed by atoms with Gasteiger partial charge >= 0.3 is 0 Å². The minimum atomic E-state index is 0.265. The van der Waals surface area contributed by atoms with Crippen molar-refractivity contribution in [1.82, 2.24) is 0 Å². The first-order valence-electron chi connectivity index (χ1n) is 4.62. The minimum absolute atomic E-state index is 0.265. The number of carbonyl (C=O) groups is 2. The predicted octanol–water partition coefficient (Wildman–Crippen LogP) is 2.51. The standard InChI is InChI=1S/C10H18O2/c1-9(11)7-5-3-4-6-8-10(2)12/h3-8H2,1-2H3. The monoisotopic (exact) mass is 170 g/mol. The summed E-state index contributed by atoms with van der Waals surface area (Å²) in [7, 11) is 0. The summed E-state index contributed by atoms with van der Waals surface area (Å²) in [5.74, 6) is 0.531. The van der Waals surface area contributed by atoms with E-state index in [4.69, 9.17) is 0 Å². The van der Waals surface area contributed by atoms with Gasteiger partial charge < -0.3 is 9.59 Å². The van der Waals surface area contributed by atoms with Crippen molar-refractivity contribution in [2.45, 2.75) is 52.4 Å². The van der Waals surface area contributed by atoms with Crippen LogP contribution in [0.4, 0.5) is 0 Å². The molecule has 0 atom stereocenters. The number of carbonyl (C=O) groups excluding carboxylic acids is 2. The van der Waals surface area contributed by atoms with Crippen LogP contribution >= 0.6 is 0 Å². The van der Waals surface area contributed by atoms with E-state index in [1.807, 2.05) is 0 Å². The molecule has 0 saturated carbocycles. The van der Waals surface area contributed by atoms with Crippen molar-refractivity contribution in [3.63, 3.8) is 0 Å². The molecule has 70 valence electrons. The topological polar surface area (TPSA) is 34.1 Å². The summed E-state index contributed by atoms with van der Waals surface area (Å²) in [6.07, 6.45) is 5.50. The summed E-state index contributed by atoms with van der Waals surface area (Å²) in [5.41, 5.74) is 0. The number of rotatable bonds is 7. The fourth-order valence-corrected chi connectivity index (χ4v) is 1.10.